The number of halogens is 1. The molecule has 8 nitrogen and oxygen atoms in total. The fourth-order valence-corrected chi connectivity index (χ4v) is 3.95. The van der Waals surface area contributed by atoms with Crippen molar-refractivity contribution in [1.82, 2.24) is 35.2 Å². The van der Waals surface area contributed by atoms with E-state index in [1.807, 2.05) is 29.3 Å². The number of nitrogens with one attached hydrogen (secondary N) is 2. The van der Waals surface area contributed by atoms with Crippen LogP contribution in [0.3, 0.4) is 0 Å². The van der Waals surface area contributed by atoms with Crippen LogP contribution in [-0.4, -0.2) is 43.1 Å². The summed E-state index contributed by atoms with van der Waals surface area (Å²) in [6, 6.07) is 10.7. The average Bonchev–Trinajstić information content (AvgIpc) is 3.26. The Morgan fingerprint density at radius 1 is 1.19 bits per heavy atom. The number of guanidine groups is 1. The number of para-hydroxylation sites is 1. The van der Waals surface area contributed by atoms with Gasteiger partial charge in [0.15, 0.2) is 5.96 Å². The minimum absolute atomic E-state index is 0. The van der Waals surface area contributed by atoms with Gasteiger partial charge in [-0.05, 0) is 51.8 Å². The van der Waals surface area contributed by atoms with Gasteiger partial charge in [0.25, 0.3) is 0 Å². The van der Waals surface area contributed by atoms with Crippen molar-refractivity contribution in [2.24, 2.45) is 4.99 Å². The molecule has 0 saturated carbocycles. The Bertz CT molecular complexity index is 1050. The number of nitrogens with zero attached hydrogens (tertiary/aromatic N) is 6. The Hall–Kier alpha value is -2.43. The first-order valence-corrected chi connectivity index (χ1v) is 10.6. The summed E-state index contributed by atoms with van der Waals surface area (Å²) in [6.07, 6.45) is 1.95. The quantitative estimate of drug-likeness (QED) is 0.299. The maximum Gasteiger partial charge on any atom is 0.191 e. The molecule has 1 aromatic carbocycles. The molecule has 0 saturated heterocycles. The Morgan fingerprint density at radius 2 is 2.00 bits per heavy atom. The number of aliphatic imine (C=N–C) groups is 1. The summed E-state index contributed by atoms with van der Waals surface area (Å²) in [5, 5.41) is 16.1. The van der Waals surface area contributed by atoms with Crippen LogP contribution >= 0.6 is 24.0 Å². The van der Waals surface area contributed by atoms with Crippen LogP contribution in [0.5, 0.6) is 0 Å². The third-order valence-electron chi connectivity index (χ3n) is 5.29. The van der Waals surface area contributed by atoms with Crippen LogP contribution in [0.25, 0.3) is 5.69 Å². The normalized spacial score (nSPS) is 15.9. The molecule has 9 heteroatoms. The van der Waals surface area contributed by atoms with Crippen molar-refractivity contribution in [1.29, 1.82) is 0 Å². The van der Waals surface area contributed by atoms with E-state index >= 15 is 0 Å². The van der Waals surface area contributed by atoms with Crippen LogP contribution < -0.4 is 10.6 Å². The topological polar surface area (TPSA) is 84.9 Å². The van der Waals surface area contributed by atoms with E-state index in [4.69, 9.17) is 4.99 Å². The number of benzene rings is 1. The lowest BCUT2D eigenvalue weighted by Crippen LogP contribution is -2.47. The lowest BCUT2D eigenvalue weighted by atomic mass is 10.1. The van der Waals surface area contributed by atoms with E-state index in [-0.39, 0.29) is 30.0 Å². The first-order valence-electron chi connectivity index (χ1n) is 10.6. The molecule has 3 aromatic rings. The molecule has 1 aliphatic rings. The van der Waals surface area contributed by atoms with E-state index in [1.165, 1.54) is 0 Å². The number of rotatable bonds is 5. The summed E-state index contributed by atoms with van der Waals surface area (Å²) < 4.78 is 4.01. The van der Waals surface area contributed by atoms with Crippen molar-refractivity contribution in [3.8, 4) is 5.69 Å². The Labute approximate surface area is 200 Å². The second-order valence-corrected chi connectivity index (χ2v) is 7.80. The predicted octanol–water partition coefficient (Wildman–Crippen LogP) is 3.08. The third-order valence-corrected chi connectivity index (χ3v) is 5.29. The van der Waals surface area contributed by atoms with Crippen LogP contribution in [0, 0.1) is 20.8 Å². The highest BCUT2D eigenvalue weighted by Crippen LogP contribution is 2.18. The van der Waals surface area contributed by atoms with Crippen molar-refractivity contribution in [3.05, 3.63) is 58.9 Å². The smallest absolute Gasteiger partial charge is 0.191 e. The lowest BCUT2D eigenvalue weighted by Gasteiger charge is -2.25. The predicted molar refractivity (Wildman–Crippen MR) is 133 cm³/mol. The molecule has 1 aliphatic heterocycles. The minimum atomic E-state index is 0. The van der Waals surface area contributed by atoms with Crippen molar-refractivity contribution < 1.29 is 0 Å². The summed E-state index contributed by atoms with van der Waals surface area (Å²) in [4.78, 5) is 9.36. The van der Waals surface area contributed by atoms with Gasteiger partial charge in [-0.2, -0.15) is 10.2 Å². The molecule has 0 radical (unpaired) electrons. The van der Waals surface area contributed by atoms with Gasteiger partial charge in [-0.25, -0.2) is 19.3 Å². The number of aromatic nitrogens is 5. The molecule has 0 bridgehead atoms. The Kier molecular flexibility index (Phi) is 7.69. The maximum absolute atomic E-state index is 4.87. The van der Waals surface area contributed by atoms with Crippen molar-refractivity contribution in [2.75, 3.05) is 6.54 Å². The van der Waals surface area contributed by atoms with Gasteiger partial charge in [0.05, 0.1) is 24.5 Å². The molecular formula is C22H31IN8. The lowest BCUT2D eigenvalue weighted by molar-refractivity contribution is 0.392. The zero-order valence-corrected chi connectivity index (χ0v) is 20.9. The molecule has 0 amide bonds. The fraction of sp³-hybridized carbons (Fsp3) is 0.455. The van der Waals surface area contributed by atoms with E-state index in [9.17, 15) is 0 Å². The molecular weight excluding hydrogens is 503 g/mol. The Balaban J connectivity index is 0.00000272. The Morgan fingerprint density at radius 3 is 2.74 bits per heavy atom. The summed E-state index contributed by atoms with van der Waals surface area (Å²) in [5.41, 5.74) is 4.35. The average molecular weight is 534 g/mol. The molecule has 2 N–H and O–H groups in total. The maximum atomic E-state index is 4.87. The zero-order chi connectivity index (χ0) is 21.1. The van der Waals surface area contributed by atoms with Crippen LogP contribution in [0.15, 0.2) is 35.3 Å². The van der Waals surface area contributed by atoms with Gasteiger partial charge in [0.2, 0.25) is 0 Å². The van der Waals surface area contributed by atoms with Gasteiger partial charge in [0.1, 0.15) is 11.6 Å². The third kappa shape index (κ3) is 5.44. The van der Waals surface area contributed by atoms with Crippen molar-refractivity contribution in [3.63, 3.8) is 0 Å². The minimum Gasteiger partial charge on any atom is -0.357 e. The standard InChI is InChI=1S/C22H30N8.HI/c1-5-23-22(26-19-10-11-21-25-17(4)28-29(21)14-19)24-13-18-8-6-7-9-20(18)30-16(3)12-15(2)27-30;/h6-9,12,19H,5,10-11,13-14H2,1-4H3,(H2,23,24,26);1H. The highest BCUT2D eigenvalue weighted by Gasteiger charge is 2.21. The SMILES string of the molecule is CCNC(=NCc1ccccc1-n1nc(C)cc1C)NC1CCc2nc(C)nn2C1.I. The van der Waals surface area contributed by atoms with Crippen molar-refractivity contribution in [2.45, 2.75) is 59.7 Å². The van der Waals surface area contributed by atoms with Crippen LogP contribution in [0.2, 0.25) is 0 Å². The number of fused-ring (bicyclic) bond motifs is 1. The second kappa shape index (κ2) is 10.3. The first-order chi connectivity index (χ1) is 14.5. The van der Waals surface area contributed by atoms with Gasteiger partial charge in [-0.15, -0.1) is 24.0 Å². The van der Waals surface area contributed by atoms with E-state index in [1.54, 1.807) is 0 Å². The summed E-state index contributed by atoms with van der Waals surface area (Å²) in [7, 11) is 0. The molecule has 0 aliphatic carbocycles. The molecule has 2 aromatic heterocycles. The number of hydrogen-bond acceptors (Lipinski definition) is 4. The second-order valence-electron chi connectivity index (χ2n) is 7.80. The molecule has 31 heavy (non-hydrogen) atoms. The largest absolute Gasteiger partial charge is 0.357 e. The molecule has 3 heterocycles. The van der Waals surface area contributed by atoms with Gasteiger partial charge >= 0.3 is 0 Å². The summed E-state index contributed by atoms with van der Waals surface area (Å²) >= 11 is 0. The molecule has 0 spiro atoms. The molecule has 0 fully saturated rings. The van der Waals surface area contributed by atoms with Crippen LogP contribution in [-0.2, 0) is 19.5 Å². The highest BCUT2D eigenvalue weighted by atomic mass is 127. The molecule has 1 unspecified atom stereocenters. The molecule has 4 rings (SSSR count). The van der Waals surface area contributed by atoms with E-state index in [0.717, 1.165) is 66.2 Å². The van der Waals surface area contributed by atoms with E-state index in [2.05, 4.69) is 63.9 Å². The van der Waals surface area contributed by atoms with E-state index in [0.29, 0.717) is 6.54 Å². The summed E-state index contributed by atoms with van der Waals surface area (Å²) in [5.74, 6) is 2.74. The highest BCUT2D eigenvalue weighted by molar-refractivity contribution is 14.0. The number of aryl methyl sites for hydroxylation is 4. The van der Waals surface area contributed by atoms with E-state index < -0.39 is 0 Å². The zero-order valence-electron chi connectivity index (χ0n) is 18.6. The molecule has 166 valence electrons. The summed E-state index contributed by atoms with van der Waals surface area (Å²) in [6.45, 7) is 10.3. The van der Waals surface area contributed by atoms with Gasteiger partial charge in [-0.3, -0.25) is 0 Å². The number of hydrogen-bond donors (Lipinski definition) is 2. The van der Waals surface area contributed by atoms with Crippen LogP contribution in [0.1, 0.15) is 41.9 Å². The van der Waals surface area contributed by atoms with Gasteiger partial charge in [0, 0.05) is 24.7 Å². The first kappa shape index (κ1) is 23.2. The van der Waals surface area contributed by atoms with Crippen molar-refractivity contribution >= 4 is 29.9 Å². The monoisotopic (exact) mass is 534 g/mol. The van der Waals surface area contributed by atoms with Gasteiger partial charge in [-0.1, -0.05) is 18.2 Å². The van der Waals surface area contributed by atoms with Gasteiger partial charge < -0.3 is 10.6 Å². The fourth-order valence-electron chi connectivity index (χ4n) is 3.95. The molecule has 1 atom stereocenters. The van der Waals surface area contributed by atoms with Crippen LogP contribution in [0.4, 0.5) is 0 Å².